The Balaban J connectivity index is 2.24. The molecule has 1 atom stereocenters. The van der Waals surface area contributed by atoms with Crippen molar-refractivity contribution >= 4 is 22.2 Å². The number of nitrogen functional groups attached to an aromatic ring is 1. The first kappa shape index (κ1) is 14.0. The highest BCUT2D eigenvalue weighted by molar-refractivity contribution is 7.19. The number of aromatic nitrogens is 1. The fourth-order valence-electron chi connectivity index (χ4n) is 1.79. The van der Waals surface area contributed by atoms with Crippen molar-refractivity contribution in [3.63, 3.8) is 0 Å². The van der Waals surface area contributed by atoms with Gasteiger partial charge in [0.05, 0.1) is 16.6 Å². The largest absolute Gasteiger partial charge is 0.390 e. The molecule has 0 fully saturated rings. The Morgan fingerprint density at radius 2 is 2.30 bits per heavy atom. The summed E-state index contributed by atoms with van der Waals surface area (Å²) in [5, 5.41) is 9.19. The predicted molar refractivity (Wildman–Crippen MR) is 79.0 cm³/mol. The van der Waals surface area contributed by atoms with Crippen LogP contribution in [0.4, 0.5) is 5.00 Å². The topological polar surface area (TPSA) is 106 Å². The lowest BCUT2D eigenvalue weighted by Gasteiger charge is -2.03. The van der Waals surface area contributed by atoms with Gasteiger partial charge in [-0.05, 0) is 19.1 Å². The minimum Gasteiger partial charge on any atom is -0.390 e. The molecule has 1 unspecified atom stereocenters. The number of amides is 1. The third-order valence-electron chi connectivity index (χ3n) is 2.87. The van der Waals surface area contributed by atoms with Crippen molar-refractivity contribution in [1.29, 1.82) is 5.26 Å². The van der Waals surface area contributed by atoms with Crippen LogP contribution < -0.4 is 11.5 Å². The molecule has 0 saturated heterocycles. The molecule has 0 aliphatic heterocycles. The van der Waals surface area contributed by atoms with Gasteiger partial charge in [0.2, 0.25) is 0 Å². The Morgan fingerprint density at radius 1 is 1.55 bits per heavy atom. The first-order valence-corrected chi connectivity index (χ1v) is 6.87. The monoisotopic (exact) mass is 286 g/mol. The van der Waals surface area contributed by atoms with Crippen molar-refractivity contribution in [3.05, 3.63) is 35.7 Å². The van der Waals surface area contributed by atoms with E-state index in [0.717, 1.165) is 16.1 Å². The Kier molecular flexibility index (Phi) is 4.01. The lowest BCUT2D eigenvalue weighted by Crippen LogP contribution is -2.11. The Morgan fingerprint density at radius 3 is 2.80 bits per heavy atom. The van der Waals surface area contributed by atoms with Crippen LogP contribution in [0.2, 0.25) is 0 Å². The molecule has 1 amide bonds. The van der Waals surface area contributed by atoms with Gasteiger partial charge in [-0.1, -0.05) is 6.07 Å². The SMILES string of the molecule is CC(C#N)Cc1ccc(-c2cc(C(N)=O)c(N)s2)cn1. The van der Waals surface area contributed by atoms with Crippen LogP contribution in [0.15, 0.2) is 24.4 Å². The Labute approximate surface area is 120 Å². The van der Waals surface area contributed by atoms with E-state index in [1.54, 1.807) is 12.3 Å². The molecule has 4 N–H and O–H groups in total. The fraction of sp³-hybridized carbons (Fsp3) is 0.214. The lowest BCUT2D eigenvalue weighted by atomic mass is 10.1. The summed E-state index contributed by atoms with van der Waals surface area (Å²) in [5.41, 5.74) is 13.1. The van der Waals surface area contributed by atoms with Gasteiger partial charge in [-0.25, -0.2) is 0 Å². The third kappa shape index (κ3) is 2.95. The first-order chi connectivity index (χ1) is 9.51. The van der Waals surface area contributed by atoms with E-state index in [0.29, 0.717) is 17.0 Å². The normalized spacial score (nSPS) is 11.8. The quantitative estimate of drug-likeness (QED) is 0.898. The molecule has 2 heterocycles. The molecule has 0 bridgehead atoms. The van der Waals surface area contributed by atoms with Gasteiger partial charge in [0, 0.05) is 34.7 Å². The van der Waals surface area contributed by atoms with Gasteiger partial charge in [-0.3, -0.25) is 9.78 Å². The number of pyridine rings is 1. The maximum Gasteiger partial charge on any atom is 0.251 e. The highest BCUT2D eigenvalue weighted by atomic mass is 32.1. The van der Waals surface area contributed by atoms with Crippen molar-refractivity contribution in [3.8, 4) is 16.5 Å². The molecular weight excluding hydrogens is 272 g/mol. The number of hydrogen-bond donors (Lipinski definition) is 2. The summed E-state index contributed by atoms with van der Waals surface area (Å²) in [6.07, 6.45) is 2.34. The maximum absolute atomic E-state index is 11.2. The van der Waals surface area contributed by atoms with E-state index in [4.69, 9.17) is 16.7 Å². The van der Waals surface area contributed by atoms with Gasteiger partial charge >= 0.3 is 0 Å². The van der Waals surface area contributed by atoms with Crippen LogP contribution in [0.3, 0.4) is 0 Å². The van der Waals surface area contributed by atoms with Crippen molar-refractivity contribution in [2.24, 2.45) is 11.7 Å². The molecule has 0 aliphatic rings. The van der Waals surface area contributed by atoms with Crippen LogP contribution in [-0.2, 0) is 6.42 Å². The molecule has 5 nitrogen and oxygen atoms in total. The Bertz CT molecular complexity index is 669. The smallest absolute Gasteiger partial charge is 0.251 e. The number of thiophene rings is 1. The average Bonchev–Trinajstić information content (AvgIpc) is 2.81. The lowest BCUT2D eigenvalue weighted by molar-refractivity contribution is 0.100. The van der Waals surface area contributed by atoms with Crippen molar-refractivity contribution < 1.29 is 4.79 Å². The minimum atomic E-state index is -0.530. The van der Waals surface area contributed by atoms with Gasteiger partial charge in [0.25, 0.3) is 5.91 Å². The number of hydrogen-bond acceptors (Lipinski definition) is 5. The summed E-state index contributed by atoms with van der Waals surface area (Å²) < 4.78 is 0. The van der Waals surface area contributed by atoms with Crippen LogP contribution in [-0.4, -0.2) is 10.9 Å². The molecule has 0 aliphatic carbocycles. The van der Waals surface area contributed by atoms with Crippen molar-refractivity contribution in [1.82, 2.24) is 4.98 Å². The number of primary amides is 1. The van der Waals surface area contributed by atoms with Gasteiger partial charge in [0.1, 0.15) is 0 Å². The number of rotatable bonds is 4. The number of nitrogens with zero attached hydrogens (tertiary/aromatic N) is 2. The molecule has 6 heteroatoms. The second-order valence-corrected chi connectivity index (χ2v) is 5.61. The second kappa shape index (κ2) is 5.72. The summed E-state index contributed by atoms with van der Waals surface area (Å²) in [7, 11) is 0. The molecule has 0 spiro atoms. The maximum atomic E-state index is 11.2. The van der Waals surface area contributed by atoms with Crippen LogP contribution in [0.5, 0.6) is 0 Å². The van der Waals surface area contributed by atoms with Crippen LogP contribution in [0.1, 0.15) is 23.0 Å². The summed E-state index contributed by atoms with van der Waals surface area (Å²) in [6, 6.07) is 7.64. The van der Waals surface area contributed by atoms with E-state index >= 15 is 0 Å². The number of nitrogens with two attached hydrogens (primary N) is 2. The molecule has 20 heavy (non-hydrogen) atoms. The van der Waals surface area contributed by atoms with Gasteiger partial charge in [-0.15, -0.1) is 11.3 Å². The summed E-state index contributed by atoms with van der Waals surface area (Å²) >= 11 is 1.30. The zero-order valence-electron chi connectivity index (χ0n) is 11.0. The number of anilines is 1. The summed E-state index contributed by atoms with van der Waals surface area (Å²) in [5.74, 6) is -0.593. The summed E-state index contributed by atoms with van der Waals surface area (Å²) in [6.45, 7) is 1.86. The van der Waals surface area contributed by atoms with E-state index < -0.39 is 5.91 Å². The molecule has 102 valence electrons. The molecule has 2 rings (SSSR count). The van der Waals surface area contributed by atoms with Gasteiger partial charge in [0.15, 0.2) is 0 Å². The molecule has 0 radical (unpaired) electrons. The molecule has 2 aromatic rings. The van der Waals surface area contributed by atoms with Crippen LogP contribution >= 0.6 is 11.3 Å². The first-order valence-electron chi connectivity index (χ1n) is 6.05. The Hall–Kier alpha value is -2.39. The van der Waals surface area contributed by atoms with E-state index in [2.05, 4.69) is 11.1 Å². The van der Waals surface area contributed by atoms with Gasteiger partial charge in [-0.2, -0.15) is 5.26 Å². The van der Waals surface area contributed by atoms with E-state index in [9.17, 15) is 4.79 Å². The second-order valence-electron chi connectivity index (χ2n) is 4.53. The average molecular weight is 286 g/mol. The highest BCUT2D eigenvalue weighted by Gasteiger charge is 2.12. The standard InChI is InChI=1S/C14H14N4OS/c1-8(6-15)4-10-3-2-9(7-18-10)12-5-11(13(16)19)14(17)20-12/h2-3,5,7-8H,4,17H2,1H3,(H2,16,19). The van der Waals surface area contributed by atoms with Crippen LogP contribution in [0.25, 0.3) is 10.4 Å². The zero-order valence-corrected chi connectivity index (χ0v) is 11.8. The van der Waals surface area contributed by atoms with Crippen molar-refractivity contribution in [2.75, 3.05) is 5.73 Å². The van der Waals surface area contributed by atoms with E-state index in [-0.39, 0.29) is 5.92 Å². The molecule has 0 aromatic carbocycles. The zero-order chi connectivity index (χ0) is 14.7. The molecule has 0 saturated carbocycles. The highest BCUT2D eigenvalue weighted by Crippen LogP contribution is 2.32. The summed E-state index contributed by atoms with van der Waals surface area (Å²) in [4.78, 5) is 16.4. The number of nitriles is 1. The van der Waals surface area contributed by atoms with Crippen molar-refractivity contribution in [2.45, 2.75) is 13.3 Å². The van der Waals surface area contributed by atoms with E-state index in [1.165, 1.54) is 11.3 Å². The molecule has 2 aromatic heterocycles. The van der Waals surface area contributed by atoms with E-state index in [1.807, 2.05) is 19.1 Å². The minimum absolute atomic E-state index is 0.0628. The predicted octanol–water partition coefficient (Wildman–Crippen LogP) is 2.19. The third-order valence-corrected chi connectivity index (χ3v) is 3.88. The molecular formula is C14H14N4OS. The number of carbonyl (C=O) groups excluding carboxylic acids is 1. The van der Waals surface area contributed by atoms with Gasteiger partial charge < -0.3 is 11.5 Å². The van der Waals surface area contributed by atoms with Crippen LogP contribution in [0, 0.1) is 17.2 Å². The number of carbonyl (C=O) groups is 1. The fourth-order valence-corrected chi connectivity index (χ4v) is 2.71.